The van der Waals surface area contributed by atoms with Gasteiger partial charge in [-0.3, -0.25) is 4.79 Å². The lowest BCUT2D eigenvalue weighted by molar-refractivity contribution is 0.0972. The van der Waals surface area contributed by atoms with Crippen LogP contribution in [0.1, 0.15) is 28.8 Å². The van der Waals surface area contributed by atoms with Gasteiger partial charge in [-0.05, 0) is 30.0 Å². The molecule has 1 aliphatic rings. The molecule has 0 fully saturated rings. The molecule has 1 aliphatic carbocycles. The average Bonchev–Trinajstić information content (AvgIpc) is 2.40. The lowest BCUT2D eigenvalue weighted by Gasteiger charge is -2.19. The molecule has 2 heteroatoms. The molecule has 90 valence electrons. The summed E-state index contributed by atoms with van der Waals surface area (Å²) < 4.78 is 0. The van der Waals surface area contributed by atoms with Gasteiger partial charge in [0, 0.05) is 22.6 Å². The highest BCUT2D eigenvalue weighted by atomic mass is 35.5. The SMILES string of the molecule is O=C1CCCc2c1cccc2-c1ccccc1Cl. The van der Waals surface area contributed by atoms with Crippen molar-refractivity contribution in [1.29, 1.82) is 0 Å². The molecule has 0 atom stereocenters. The topological polar surface area (TPSA) is 17.1 Å². The van der Waals surface area contributed by atoms with Gasteiger partial charge in [-0.1, -0.05) is 48.0 Å². The van der Waals surface area contributed by atoms with Crippen LogP contribution in [-0.2, 0) is 6.42 Å². The van der Waals surface area contributed by atoms with E-state index >= 15 is 0 Å². The van der Waals surface area contributed by atoms with E-state index in [0.717, 1.165) is 40.1 Å². The Morgan fingerprint density at radius 1 is 0.833 bits per heavy atom. The Morgan fingerprint density at radius 3 is 2.39 bits per heavy atom. The Hall–Kier alpha value is -1.60. The van der Waals surface area contributed by atoms with E-state index in [1.807, 2.05) is 36.4 Å². The molecule has 0 heterocycles. The normalized spacial score (nSPS) is 14.4. The van der Waals surface area contributed by atoms with Gasteiger partial charge in [0.05, 0.1) is 0 Å². The van der Waals surface area contributed by atoms with E-state index in [1.54, 1.807) is 0 Å². The van der Waals surface area contributed by atoms with Crippen LogP contribution in [0.15, 0.2) is 42.5 Å². The third-order valence-corrected chi connectivity index (χ3v) is 3.80. The summed E-state index contributed by atoms with van der Waals surface area (Å²) in [6.45, 7) is 0. The van der Waals surface area contributed by atoms with Gasteiger partial charge in [-0.15, -0.1) is 0 Å². The Balaban J connectivity index is 2.22. The van der Waals surface area contributed by atoms with Gasteiger partial charge >= 0.3 is 0 Å². The van der Waals surface area contributed by atoms with Gasteiger partial charge in [-0.2, -0.15) is 0 Å². The maximum Gasteiger partial charge on any atom is 0.163 e. The van der Waals surface area contributed by atoms with Gasteiger partial charge in [-0.25, -0.2) is 0 Å². The molecule has 0 saturated carbocycles. The maximum atomic E-state index is 11.9. The fourth-order valence-corrected chi connectivity index (χ4v) is 2.85. The van der Waals surface area contributed by atoms with E-state index < -0.39 is 0 Å². The minimum absolute atomic E-state index is 0.255. The van der Waals surface area contributed by atoms with Crippen LogP contribution in [0.5, 0.6) is 0 Å². The minimum Gasteiger partial charge on any atom is -0.294 e. The summed E-state index contributed by atoms with van der Waals surface area (Å²) in [5.41, 5.74) is 4.15. The van der Waals surface area contributed by atoms with Crippen LogP contribution in [0.3, 0.4) is 0 Å². The number of fused-ring (bicyclic) bond motifs is 1. The quantitative estimate of drug-likeness (QED) is 0.733. The van der Waals surface area contributed by atoms with Crippen molar-refractivity contribution >= 4 is 17.4 Å². The summed E-state index contributed by atoms with van der Waals surface area (Å²) in [5, 5.41) is 0.740. The third-order valence-electron chi connectivity index (χ3n) is 3.47. The Bertz CT molecular complexity index is 616. The summed E-state index contributed by atoms with van der Waals surface area (Å²) in [7, 11) is 0. The zero-order valence-electron chi connectivity index (χ0n) is 9.95. The van der Waals surface area contributed by atoms with E-state index in [9.17, 15) is 4.79 Å². The maximum absolute atomic E-state index is 11.9. The van der Waals surface area contributed by atoms with E-state index in [2.05, 4.69) is 6.07 Å². The number of hydrogen-bond acceptors (Lipinski definition) is 1. The molecule has 0 aliphatic heterocycles. The van der Waals surface area contributed by atoms with E-state index in [4.69, 9.17) is 11.6 Å². The number of carbonyl (C=O) groups is 1. The molecule has 18 heavy (non-hydrogen) atoms. The van der Waals surface area contributed by atoms with Crippen LogP contribution < -0.4 is 0 Å². The highest BCUT2D eigenvalue weighted by Gasteiger charge is 2.20. The molecule has 2 aromatic carbocycles. The largest absolute Gasteiger partial charge is 0.294 e. The number of Topliss-reactive ketones (excluding diaryl/α,β-unsaturated/α-hetero) is 1. The molecule has 0 amide bonds. The Morgan fingerprint density at radius 2 is 1.56 bits per heavy atom. The molecule has 0 bridgehead atoms. The van der Waals surface area contributed by atoms with Crippen LogP contribution in [0.2, 0.25) is 5.02 Å². The van der Waals surface area contributed by atoms with Crippen molar-refractivity contribution in [2.45, 2.75) is 19.3 Å². The van der Waals surface area contributed by atoms with Gasteiger partial charge in [0.2, 0.25) is 0 Å². The first-order valence-corrected chi connectivity index (χ1v) is 6.55. The smallest absolute Gasteiger partial charge is 0.163 e. The molecule has 0 radical (unpaired) electrons. The van der Waals surface area contributed by atoms with Crippen molar-refractivity contribution in [3.8, 4) is 11.1 Å². The zero-order chi connectivity index (χ0) is 12.5. The molecule has 0 unspecified atom stereocenters. The third kappa shape index (κ3) is 1.85. The summed E-state index contributed by atoms with van der Waals surface area (Å²) in [6.07, 6.45) is 2.56. The van der Waals surface area contributed by atoms with Crippen molar-refractivity contribution in [3.63, 3.8) is 0 Å². The van der Waals surface area contributed by atoms with Crippen molar-refractivity contribution in [2.75, 3.05) is 0 Å². The second-order valence-electron chi connectivity index (χ2n) is 4.59. The van der Waals surface area contributed by atoms with Gasteiger partial charge in [0.25, 0.3) is 0 Å². The molecule has 0 spiro atoms. The second kappa shape index (κ2) is 4.58. The molecule has 1 nitrogen and oxygen atoms in total. The summed E-state index contributed by atoms with van der Waals surface area (Å²) in [6, 6.07) is 13.7. The van der Waals surface area contributed by atoms with E-state index in [0.29, 0.717) is 6.42 Å². The predicted molar refractivity (Wildman–Crippen MR) is 74.2 cm³/mol. The number of ketones is 1. The van der Waals surface area contributed by atoms with Gasteiger partial charge in [0.15, 0.2) is 5.78 Å². The highest BCUT2D eigenvalue weighted by molar-refractivity contribution is 6.33. The number of hydrogen-bond donors (Lipinski definition) is 0. The van der Waals surface area contributed by atoms with Crippen molar-refractivity contribution in [1.82, 2.24) is 0 Å². The van der Waals surface area contributed by atoms with Crippen molar-refractivity contribution in [3.05, 3.63) is 58.6 Å². The number of rotatable bonds is 1. The molecule has 0 saturated heterocycles. The predicted octanol–water partition coefficient (Wildman–Crippen LogP) is 4.53. The lowest BCUT2D eigenvalue weighted by Crippen LogP contribution is -2.11. The van der Waals surface area contributed by atoms with Crippen molar-refractivity contribution in [2.24, 2.45) is 0 Å². The summed E-state index contributed by atoms with van der Waals surface area (Å²) >= 11 is 6.25. The first-order valence-electron chi connectivity index (χ1n) is 6.17. The first-order chi connectivity index (χ1) is 8.77. The Kier molecular flexibility index (Phi) is 2.92. The lowest BCUT2D eigenvalue weighted by atomic mass is 9.85. The summed E-state index contributed by atoms with van der Waals surface area (Å²) in [4.78, 5) is 11.9. The molecule has 0 N–H and O–H groups in total. The monoisotopic (exact) mass is 256 g/mol. The van der Waals surface area contributed by atoms with Crippen LogP contribution in [-0.4, -0.2) is 5.78 Å². The molecule has 3 rings (SSSR count). The van der Waals surface area contributed by atoms with Crippen molar-refractivity contribution < 1.29 is 4.79 Å². The molecule has 0 aromatic heterocycles. The van der Waals surface area contributed by atoms with Crippen LogP contribution >= 0.6 is 11.6 Å². The standard InChI is InChI=1S/C16H13ClO/c17-15-9-2-1-5-13(15)11-6-3-8-14-12(11)7-4-10-16(14)18/h1-3,5-6,8-9H,4,7,10H2. The van der Waals surface area contributed by atoms with Gasteiger partial charge in [0.1, 0.15) is 0 Å². The fourth-order valence-electron chi connectivity index (χ4n) is 2.61. The highest BCUT2D eigenvalue weighted by Crippen LogP contribution is 2.34. The summed E-state index contributed by atoms with van der Waals surface area (Å²) in [5.74, 6) is 0.255. The van der Waals surface area contributed by atoms with Crippen LogP contribution in [0, 0.1) is 0 Å². The number of carbonyl (C=O) groups excluding carboxylic acids is 1. The fraction of sp³-hybridized carbons (Fsp3) is 0.188. The van der Waals surface area contributed by atoms with E-state index in [-0.39, 0.29) is 5.78 Å². The van der Waals surface area contributed by atoms with Gasteiger partial charge < -0.3 is 0 Å². The van der Waals surface area contributed by atoms with Crippen LogP contribution in [0.4, 0.5) is 0 Å². The molecule has 2 aromatic rings. The molecular weight excluding hydrogens is 244 g/mol. The number of halogens is 1. The van der Waals surface area contributed by atoms with Crippen LogP contribution in [0.25, 0.3) is 11.1 Å². The second-order valence-corrected chi connectivity index (χ2v) is 5.00. The average molecular weight is 257 g/mol. The number of benzene rings is 2. The minimum atomic E-state index is 0.255. The molecular formula is C16H13ClO. The van der Waals surface area contributed by atoms with E-state index in [1.165, 1.54) is 0 Å². The zero-order valence-corrected chi connectivity index (χ0v) is 10.7. The first kappa shape index (κ1) is 11.5. The Labute approximate surface area is 111 Å².